The first-order chi connectivity index (χ1) is 18.7. The largest absolute Gasteiger partial charge is 0.389 e. The second-order valence-corrected chi connectivity index (χ2v) is 9.87. The number of aliphatic hydroxyl groups is 3. The van der Waals surface area contributed by atoms with Crippen molar-refractivity contribution in [2.24, 2.45) is 0 Å². The third-order valence-corrected chi connectivity index (χ3v) is 6.39. The first-order valence-corrected chi connectivity index (χ1v) is 14.9. The van der Waals surface area contributed by atoms with Crippen molar-refractivity contribution < 1.29 is 15.3 Å². The lowest BCUT2D eigenvalue weighted by Gasteiger charge is -2.05. The van der Waals surface area contributed by atoms with Crippen LogP contribution in [-0.4, -0.2) is 34.1 Å². The molecule has 0 radical (unpaired) electrons. The summed E-state index contributed by atoms with van der Waals surface area (Å²) in [6, 6.07) is 0. The Bertz CT molecular complexity index is 813. The molecule has 0 aromatic carbocycles. The average Bonchev–Trinajstić information content (AvgIpc) is 2.92. The summed E-state index contributed by atoms with van der Waals surface area (Å²) in [7, 11) is 0. The van der Waals surface area contributed by atoms with Crippen LogP contribution in [0.15, 0.2) is 24.3 Å². The standard InChI is InChI=1S/C35H52O3/c1-2-3-29-34(37)30-25-21-18-16-14-12-10-8-6-4-5-7-9-11-13-15-17-19-22-26-31-35(38)32-27-23-20-24-28-33-36/h1,3-4,6,29,34-38H,5,7-19,21-22,25-26,30-31,33H2. The van der Waals surface area contributed by atoms with Crippen LogP contribution >= 0.6 is 0 Å². The van der Waals surface area contributed by atoms with Gasteiger partial charge in [0, 0.05) is 0 Å². The number of hydrogen-bond acceptors (Lipinski definition) is 3. The van der Waals surface area contributed by atoms with Gasteiger partial charge in [-0.25, -0.2) is 0 Å². The monoisotopic (exact) mass is 520 g/mol. The van der Waals surface area contributed by atoms with E-state index in [0.717, 1.165) is 25.7 Å². The molecule has 0 aliphatic heterocycles. The molecule has 0 aromatic heterocycles. The third kappa shape index (κ3) is 29.8. The van der Waals surface area contributed by atoms with E-state index in [1.54, 1.807) is 12.2 Å². The van der Waals surface area contributed by atoms with Gasteiger partial charge >= 0.3 is 0 Å². The molecule has 0 bridgehead atoms. The smallest absolute Gasteiger partial charge is 0.115 e. The average molecular weight is 521 g/mol. The molecule has 0 aliphatic carbocycles. The van der Waals surface area contributed by atoms with Crippen LogP contribution in [-0.2, 0) is 0 Å². The SMILES string of the molecule is C#CC=CC(O)CCCCCCCCCC=CCCCCCCCCCCCC(O)C#CC#CC#CCO. The first kappa shape index (κ1) is 35.6. The van der Waals surface area contributed by atoms with Gasteiger partial charge in [-0.05, 0) is 80.8 Å². The highest BCUT2D eigenvalue weighted by Gasteiger charge is 1.99. The number of unbranched alkanes of at least 4 members (excludes halogenated alkanes) is 16. The molecule has 0 saturated heterocycles. The van der Waals surface area contributed by atoms with Crippen molar-refractivity contribution >= 4 is 0 Å². The molecule has 3 nitrogen and oxygen atoms in total. The topological polar surface area (TPSA) is 60.7 Å². The van der Waals surface area contributed by atoms with Gasteiger partial charge in [0.15, 0.2) is 0 Å². The predicted octanol–water partition coefficient (Wildman–Crippen LogP) is 7.26. The molecule has 2 unspecified atom stereocenters. The summed E-state index contributed by atoms with van der Waals surface area (Å²) in [5.74, 6) is 17.7. The van der Waals surface area contributed by atoms with E-state index in [0.29, 0.717) is 6.42 Å². The lowest BCUT2D eigenvalue weighted by molar-refractivity contribution is 0.208. The van der Waals surface area contributed by atoms with Crippen molar-refractivity contribution in [2.45, 2.75) is 141 Å². The lowest BCUT2D eigenvalue weighted by Crippen LogP contribution is -2.01. The van der Waals surface area contributed by atoms with E-state index in [1.807, 2.05) is 0 Å². The van der Waals surface area contributed by atoms with E-state index in [4.69, 9.17) is 11.5 Å². The molecule has 0 heterocycles. The normalized spacial score (nSPS) is 12.2. The van der Waals surface area contributed by atoms with Crippen molar-refractivity contribution in [3.63, 3.8) is 0 Å². The van der Waals surface area contributed by atoms with Gasteiger partial charge in [0.1, 0.15) is 12.7 Å². The second kappa shape index (κ2) is 30.8. The van der Waals surface area contributed by atoms with Crippen molar-refractivity contribution in [3.05, 3.63) is 24.3 Å². The Morgan fingerprint density at radius 3 is 1.58 bits per heavy atom. The Morgan fingerprint density at radius 2 is 1.05 bits per heavy atom. The Hall–Kier alpha value is -2.40. The zero-order valence-electron chi connectivity index (χ0n) is 23.7. The van der Waals surface area contributed by atoms with Gasteiger partial charge in [-0.3, -0.25) is 0 Å². The Labute approximate surface area is 234 Å². The summed E-state index contributed by atoms with van der Waals surface area (Å²) in [4.78, 5) is 0. The van der Waals surface area contributed by atoms with Crippen LogP contribution in [0.4, 0.5) is 0 Å². The summed E-state index contributed by atoms with van der Waals surface area (Å²) < 4.78 is 0. The summed E-state index contributed by atoms with van der Waals surface area (Å²) >= 11 is 0. The zero-order chi connectivity index (χ0) is 27.8. The number of hydrogen-bond donors (Lipinski definition) is 3. The van der Waals surface area contributed by atoms with Crippen LogP contribution in [0.1, 0.15) is 128 Å². The molecule has 210 valence electrons. The zero-order valence-corrected chi connectivity index (χ0v) is 23.7. The summed E-state index contributed by atoms with van der Waals surface area (Å²) in [6.45, 7) is -0.200. The molecule has 0 aliphatic rings. The number of terminal acetylenes is 1. The quantitative estimate of drug-likeness (QED) is 0.0755. The minimum atomic E-state index is -0.611. The van der Waals surface area contributed by atoms with Crippen LogP contribution in [0.3, 0.4) is 0 Å². The predicted molar refractivity (Wildman–Crippen MR) is 162 cm³/mol. The van der Waals surface area contributed by atoms with E-state index in [1.165, 1.54) is 96.3 Å². The van der Waals surface area contributed by atoms with E-state index < -0.39 is 6.10 Å². The minimum Gasteiger partial charge on any atom is -0.389 e. The maximum Gasteiger partial charge on any atom is 0.115 e. The second-order valence-electron chi connectivity index (χ2n) is 9.87. The van der Waals surface area contributed by atoms with Crippen molar-refractivity contribution in [3.8, 4) is 47.9 Å². The molecule has 3 N–H and O–H groups in total. The molecule has 0 amide bonds. The molecular weight excluding hydrogens is 468 g/mol. The maximum absolute atomic E-state index is 9.81. The molecular formula is C35H52O3. The highest BCUT2D eigenvalue weighted by atomic mass is 16.3. The van der Waals surface area contributed by atoms with Crippen molar-refractivity contribution in [1.82, 2.24) is 0 Å². The van der Waals surface area contributed by atoms with Crippen LogP contribution in [0.5, 0.6) is 0 Å². The number of aliphatic hydroxyl groups excluding tert-OH is 3. The van der Waals surface area contributed by atoms with Gasteiger partial charge < -0.3 is 15.3 Å². The van der Waals surface area contributed by atoms with Gasteiger partial charge in [-0.1, -0.05) is 113 Å². The number of allylic oxidation sites excluding steroid dienone is 3. The highest BCUT2D eigenvalue weighted by Crippen LogP contribution is 2.13. The fraction of sp³-hybridized carbons (Fsp3) is 0.657. The van der Waals surface area contributed by atoms with Gasteiger partial charge in [-0.15, -0.1) is 6.42 Å². The number of rotatable bonds is 23. The van der Waals surface area contributed by atoms with Crippen molar-refractivity contribution in [1.29, 1.82) is 0 Å². The van der Waals surface area contributed by atoms with Gasteiger partial charge in [0.2, 0.25) is 0 Å². The van der Waals surface area contributed by atoms with Gasteiger partial charge in [0.25, 0.3) is 0 Å². The van der Waals surface area contributed by atoms with E-state index in [2.05, 4.69) is 53.6 Å². The minimum absolute atomic E-state index is 0.200. The summed E-state index contributed by atoms with van der Waals surface area (Å²) in [5.41, 5.74) is 0. The fourth-order valence-corrected chi connectivity index (χ4v) is 4.17. The van der Waals surface area contributed by atoms with Crippen molar-refractivity contribution in [2.75, 3.05) is 6.61 Å². The molecule has 0 fully saturated rings. The first-order valence-electron chi connectivity index (χ1n) is 14.9. The molecule has 2 atom stereocenters. The third-order valence-electron chi connectivity index (χ3n) is 6.39. The molecule has 0 aromatic rings. The fourth-order valence-electron chi connectivity index (χ4n) is 4.17. The van der Waals surface area contributed by atoms with Crippen LogP contribution in [0, 0.1) is 47.9 Å². The lowest BCUT2D eigenvalue weighted by atomic mass is 10.0. The van der Waals surface area contributed by atoms with E-state index >= 15 is 0 Å². The van der Waals surface area contributed by atoms with Crippen LogP contribution in [0.25, 0.3) is 0 Å². The Kier molecular flexibility index (Phi) is 28.9. The molecule has 0 rings (SSSR count). The van der Waals surface area contributed by atoms with Crippen LogP contribution in [0.2, 0.25) is 0 Å². The van der Waals surface area contributed by atoms with Crippen LogP contribution < -0.4 is 0 Å². The van der Waals surface area contributed by atoms with Gasteiger partial charge in [0.05, 0.1) is 6.10 Å². The summed E-state index contributed by atoms with van der Waals surface area (Å²) in [5, 5.41) is 28.0. The Morgan fingerprint density at radius 1 is 0.579 bits per heavy atom. The summed E-state index contributed by atoms with van der Waals surface area (Å²) in [6.07, 6.45) is 36.2. The molecule has 0 spiro atoms. The molecule has 0 saturated carbocycles. The molecule has 3 heteroatoms. The van der Waals surface area contributed by atoms with E-state index in [9.17, 15) is 10.2 Å². The van der Waals surface area contributed by atoms with Gasteiger partial charge in [-0.2, -0.15) is 0 Å². The highest BCUT2D eigenvalue weighted by molar-refractivity contribution is 5.36. The maximum atomic E-state index is 9.81. The van der Waals surface area contributed by atoms with E-state index in [-0.39, 0.29) is 12.7 Å². The Balaban J connectivity index is 3.32. The molecule has 38 heavy (non-hydrogen) atoms.